The molecule has 1 aliphatic carbocycles. The van der Waals surface area contributed by atoms with Crippen molar-refractivity contribution in [2.24, 2.45) is 0 Å². The van der Waals surface area contributed by atoms with Crippen molar-refractivity contribution in [2.45, 2.75) is 45.2 Å². The molecular formula is C14H23N5. The van der Waals surface area contributed by atoms with Gasteiger partial charge in [0.1, 0.15) is 17.5 Å². The van der Waals surface area contributed by atoms with Crippen molar-refractivity contribution in [3.63, 3.8) is 0 Å². The van der Waals surface area contributed by atoms with Gasteiger partial charge in [-0.3, -0.25) is 4.90 Å². The molecule has 0 radical (unpaired) electrons. The van der Waals surface area contributed by atoms with Gasteiger partial charge in [-0.25, -0.2) is 9.97 Å². The molecule has 5 nitrogen and oxygen atoms in total. The predicted molar refractivity (Wildman–Crippen MR) is 77.6 cm³/mol. The van der Waals surface area contributed by atoms with Crippen LogP contribution in [0.5, 0.6) is 0 Å². The van der Waals surface area contributed by atoms with Crippen molar-refractivity contribution in [3.8, 4) is 0 Å². The highest BCUT2D eigenvalue weighted by atomic mass is 15.2. The Morgan fingerprint density at radius 1 is 1.26 bits per heavy atom. The number of nitrogens with one attached hydrogen (secondary N) is 2. The van der Waals surface area contributed by atoms with E-state index in [2.05, 4.69) is 32.4 Å². The number of hydrogen-bond donors (Lipinski definition) is 2. The van der Waals surface area contributed by atoms with E-state index in [9.17, 15) is 0 Å². The van der Waals surface area contributed by atoms with Crippen LogP contribution >= 0.6 is 0 Å². The van der Waals surface area contributed by atoms with E-state index < -0.39 is 0 Å². The molecular weight excluding hydrogens is 238 g/mol. The summed E-state index contributed by atoms with van der Waals surface area (Å²) in [7, 11) is 0. The minimum atomic E-state index is 0.532. The number of nitrogens with zero attached hydrogens (tertiary/aromatic N) is 3. The number of hydrogen-bond acceptors (Lipinski definition) is 5. The van der Waals surface area contributed by atoms with E-state index >= 15 is 0 Å². The second-order valence-corrected chi connectivity index (χ2v) is 5.57. The first-order valence-electron chi connectivity index (χ1n) is 7.34. The zero-order chi connectivity index (χ0) is 13.2. The highest BCUT2D eigenvalue weighted by molar-refractivity contribution is 5.48. The Kier molecular flexibility index (Phi) is 3.55. The molecule has 5 heteroatoms. The van der Waals surface area contributed by atoms with Crippen LogP contribution in [0.3, 0.4) is 0 Å². The van der Waals surface area contributed by atoms with Crippen LogP contribution in [-0.4, -0.2) is 46.6 Å². The van der Waals surface area contributed by atoms with Crippen molar-refractivity contribution in [1.82, 2.24) is 14.9 Å². The number of rotatable bonds is 5. The Hall–Kier alpha value is -1.36. The molecule has 19 heavy (non-hydrogen) atoms. The van der Waals surface area contributed by atoms with Gasteiger partial charge < -0.3 is 10.6 Å². The van der Waals surface area contributed by atoms with E-state index in [0.29, 0.717) is 6.04 Å². The average molecular weight is 261 g/mol. The van der Waals surface area contributed by atoms with Crippen LogP contribution in [0.2, 0.25) is 0 Å². The summed E-state index contributed by atoms with van der Waals surface area (Å²) in [6.45, 7) is 7.29. The van der Waals surface area contributed by atoms with Gasteiger partial charge >= 0.3 is 0 Å². The number of likely N-dealkylation sites (tertiary alicyclic amines) is 1. The minimum absolute atomic E-state index is 0.532. The molecule has 0 aromatic carbocycles. The fraction of sp³-hybridized carbons (Fsp3) is 0.714. The first-order valence-corrected chi connectivity index (χ1v) is 7.34. The third kappa shape index (κ3) is 3.15. The van der Waals surface area contributed by atoms with Crippen LogP contribution in [0, 0.1) is 6.92 Å². The zero-order valence-electron chi connectivity index (χ0n) is 11.8. The van der Waals surface area contributed by atoms with E-state index in [1.54, 1.807) is 0 Å². The summed E-state index contributed by atoms with van der Waals surface area (Å²) in [5.74, 6) is 2.68. The molecule has 1 aromatic heterocycles. The van der Waals surface area contributed by atoms with Crippen molar-refractivity contribution in [3.05, 3.63) is 11.9 Å². The summed E-state index contributed by atoms with van der Waals surface area (Å²) in [5, 5.41) is 6.81. The van der Waals surface area contributed by atoms with Gasteiger partial charge in [-0.2, -0.15) is 0 Å². The minimum Gasteiger partial charge on any atom is -0.370 e. The summed E-state index contributed by atoms with van der Waals surface area (Å²) in [4.78, 5) is 11.5. The second kappa shape index (κ2) is 5.33. The Labute approximate surface area is 114 Å². The molecule has 2 fully saturated rings. The molecule has 2 aliphatic rings. The molecule has 1 saturated carbocycles. The van der Waals surface area contributed by atoms with Crippen LogP contribution in [0.1, 0.15) is 32.0 Å². The quantitative estimate of drug-likeness (QED) is 0.847. The summed E-state index contributed by atoms with van der Waals surface area (Å²) in [6.07, 6.45) is 4.00. The fourth-order valence-corrected chi connectivity index (χ4v) is 2.80. The molecule has 0 amide bonds. The Bertz CT molecular complexity index is 443. The van der Waals surface area contributed by atoms with Gasteiger partial charge in [-0.15, -0.1) is 0 Å². The number of aromatic nitrogens is 2. The lowest BCUT2D eigenvalue weighted by Crippen LogP contribution is -2.28. The van der Waals surface area contributed by atoms with E-state index in [4.69, 9.17) is 0 Å². The van der Waals surface area contributed by atoms with Gasteiger partial charge in [0.2, 0.25) is 0 Å². The van der Waals surface area contributed by atoms with E-state index in [-0.39, 0.29) is 0 Å². The summed E-state index contributed by atoms with van der Waals surface area (Å²) < 4.78 is 0. The molecule has 1 saturated heterocycles. The summed E-state index contributed by atoms with van der Waals surface area (Å²) in [5.41, 5.74) is 0. The lowest BCUT2D eigenvalue weighted by atomic mass is 10.2. The number of anilines is 2. The van der Waals surface area contributed by atoms with Crippen LogP contribution < -0.4 is 10.6 Å². The van der Waals surface area contributed by atoms with Crippen LogP contribution in [0.4, 0.5) is 11.6 Å². The van der Waals surface area contributed by atoms with Crippen molar-refractivity contribution in [1.29, 1.82) is 0 Å². The predicted octanol–water partition coefficient (Wildman–Crippen LogP) is 1.87. The lowest BCUT2D eigenvalue weighted by molar-refractivity contribution is 0.326. The van der Waals surface area contributed by atoms with Crippen molar-refractivity contribution < 1.29 is 0 Å². The van der Waals surface area contributed by atoms with E-state index in [0.717, 1.165) is 36.6 Å². The maximum absolute atomic E-state index is 4.48. The van der Waals surface area contributed by atoms with Gasteiger partial charge in [0.05, 0.1) is 0 Å². The standard InChI is InChI=1S/C14H23N5/c1-3-15-13-8-14(17-10(2)16-13)18-11-6-7-19(9-11)12-4-5-12/h8,11-12H,3-7,9H2,1-2H3,(H2,15,16,17,18). The van der Waals surface area contributed by atoms with Crippen molar-refractivity contribution in [2.75, 3.05) is 30.3 Å². The van der Waals surface area contributed by atoms with Crippen LogP contribution in [0.15, 0.2) is 6.07 Å². The average Bonchev–Trinajstić information content (AvgIpc) is 3.11. The first-order chi connectivity index (χ1) is 9.24. The van der Waals surface area contributed by atoms with Crippen LogP contribution in [-0.2, 0) is 0 Å². The normalized spacial score (nSPS) is 23.6. The maximum atomic E-state index is 4.48. The van der Waals surface area contributed by atoms with E-state index in [1.165, 1.54) is 25.8 Å². The third-order valence-corrected chi connectivity index (χ3v) is 3.83. The maximum Gasteiger partial charge on any atom is 0.132 e. The largest absolute Gasteiger partial charge is 0.370 e. The molecule has 104 valence electrons. The molecule has 2 N–H and O–H groups in total. The number of aryl methyl sites for hydroxylation is 1. The van der Waals surface area contributed by atoms with Gasteiger partial charge in [-0.1, -0.05) is 0 Å². The fourth-order valence-electron chi connectivity index (χ4n) is 2.80. The SMILES string of the molecule is CCNc1cc(NC2CCN(C3CC3)C2)nc(C)n1. The Morgan fingerprint density at radius 2 is 2.05 bits per heavy atom. The summed E-state index contributed by atoms with van der Waals surface area (Å²) in [6, 6.07) is 3.41. The molecule has 0 bridgehead atoms. The molecule has 1 atom stereocenters. The highest BCUT2D eigenvalue weighted by Gasteiger charge is 2.34. The third-order valence-electron chi connectivity index (χ3n) is 3.83. The lowest BCUT2D eigenvalue weighted by Gasteiger charge is -2.16. The monoisotopic (exact) mass is 261 g/mol. The molecule has 2 heterocycles. The van der Waals surface area contributed by atoms with Gasteiger partial charge in [0, 0.05) is 37.8 Å². The first kappa shape index (κ1) is 12.7. The molecule has 1 aromatic rings. The zero-order valence-corrected chi connectivity index (χ0v) is 11.8. The van der Waals surface area contributed by atoms with E-state index in [1.807, 2.05) is 13.0 Å². The van der Waals surface area contributed by atoms with Crippen LogP contribution in [0.25, 0.3) is 0 Å². The topological polar surface area (TPSA) is 53.1 Å². The molecule has 1 unspecified atom stereocenters. The van der Waals surface area contributed by atoms with Gasteiger partial charge in [0.15, 0.2) is 0 Å². The molecule has 0 spiro atoms. The van der Waals surface area contributed by atoms with Gasteiger partial charge in [-0.05, 0) is 33.1 Å². The second-order valence-electron chi connectivity index (χ2n) is 5.57. The Morgan fingerprint density at radius 3 is 2.79 bits per heavy atom. The van der Waals surface area contributed by atoms with Gasteiger partial charge in [0.25, 0.3) is 0 Å². The summed E-state index contributed by atoms with van der Waals surface area (Å²) >= 11 is 0. The smallest absolute Gasteiger partial charge is 0.132 e. The highest BCUT2D eigenvalue weighted by Crippen LogP contribution is 2.30. The van der Waals surface area contributed by atoms with Crippen molar-refractivity contribution >= 4 is 11.6 Å². The molecule has 1 aliphatic heterocycles. The Balaban J connectivity index is 1.62. The molecule has 3 rings (SSSR count).